The largest absolute Gasteiger partial charge is 0.289 e. The molecule has 2 rings (SSSR count). The second-order valence-corrected chi connectivity index (χ2v) is 5.84. The Bertz CT molecular complexity index is 602. The number of hydrogen-bond donors (Lipinski definition) is 0. The predicted octanol–water partition coefficient (Wildman–Crippen LogP) is 5.60. The summed E-state index contributed by atoms with van der Waals surface area (Å²) in [5.41, 5.74) is 0.624. The van der Waals surface area contributed by atoms with E-state index in [2.05, 4.69) is 0 Å². The van der Waals surface area contributed by atoms with E-state index in [4.69, 9.17) is 34.8 Å². The summed E-state index contributed by atoms with van der Waals surface area (Å²) < 4.78 is 0.425. The highest BCUT2D eigenvalue weighted by molar-refractivity contribution is 7.18. The summed E-state index contributed by atoms with van der Waals surface area (Å²) in [6, 6.07) is 8.99. The van der Waals surface area contributed by atoms with E-state index in [1.165, 1.54) is 17.4 Å². The van der Waals surface area contributed by atoms with E-state index >= 15 is 0 Å². The number of allylic oxidation sites excluding steroid dienone is 1. The lowest BCUT2D eigenvalue weighted by molar-refractivity contribution is 0.104. The average molecular weight is 318 g/mol. The van der Waals surface area contributed by atoms with Crippen molar-refractivity contribution in [2.75, 3.05) is 0 Å². The van der Waals surface area contributed by atoms with Crippen molar-refractivity contribution in [1.82, 2.24) is 0 Å². The van der Waals surface area contributed by atoms with E-state index < -0.39 is 0 Å². The number of rotatable bonds is 3. The molecule has 0 aliphatic heterocycles. The zero-order valence-electron chi connectivity index (χ0n) is 8.99. The van der Waals surface area contributed by atoms with Gasteiger partial charge in [-0.3, -0.25) is 4.79 Å². The molecule has 0 saturated carbocycles. The van der Waals surface area contributed by atoms with Gasteiger partial charge in [-0.05, 0) is 12.2 Å². The van der Waals surface area contributed by atoms with E-state index in [-0.39, 0.29) is 5.78 Å². The smallest absolute Gasteiger partial charge is 0.185 e. The minimum Gasteiger partial charge on any atom is -0.289 e. The minimum absolute atomic E-state index is 0.0905. The fourth-order valence-corrected chi connectivity index (χ4v) is 3.05. The maximum absolute atomic E-state index is 11.8. The van der Waals surface area contributed by atoms with Gasteiger partial charge in [0, 0.05) is 10.4 Å². The van der Waals surface area contributed by atoms with E-state index in [1.54, 1.807) is 18.2 Å². The normalized spacial score (nSPS) is 11.1. The third kappa shape index (κ3) is 2.96. The summed E-state index contributed by atoms with van der Waals surface area (Å²) in [5.74, 6) is -0.0905. The van der Waals surface area contributed by atoms with Crippen molar-refractivity contribution >= 4 is 58.0 Å². The lowest BCUT2D eigenvalue weighted by atomic mass is 10.1. The van der Waals surface area contributed by atoms with Gasteiger partial charge in [0.1, 0.15) is 4.34 Å². The van der Waals surface area contributed by atoms with Crippen molar-refractivity contribution in [3.8, 4) is 0 Å². The summed E-state index contributed by atoms with van der Waals surface area (Å²) in [7, 11) is 0. The van der Waals surface area contributed by atoms with E-state index in [0.29, 0.717) is 24.8 Å². The number of hydrogen-bond acceptors (Lipinski definition) is 2. The first-order valence-corrected chi connectivity index (χ1v) is 6.95. The molecule has 1 aromatic heterocycles. The van der Waals surface area contributed by atoms with E-state index in [1.807, 2.05) is 18.2 Å². The molecule has 0 aliphatic carbocycles. The Kier molecular flexibility index (Phi) is 4.46. The van der Waals surface area contributed by atoms with Gasteiger partial charge in [0.15, 0.2) is 5.78 Å². The Labute approximate surface area is 124 Å². The van der Waals surface area contributed by atoms with E-state index in [0.717, 1.165) is 0 Å². The van der Waals surface area contributed by atoms with Crippen molar-refractivity contribution in [1.29, 1.82) is 0 Å². The Morgan fingerprint density at radius 3 is 2.28 bits per heavy atom. The summed E-state index contributed by atoms with van der Waals surface area (Å²) in [4.78, 5) is 12.5. The van der Waals surface area contributed by atoms with Crippen molar-refractivity contribution in [2.24, 2.45) is 0 Å². The zero-order chi connectivity index (χ0) is 13.1. The van der Waals surface area contributed by atoms with Crippen LogP contribution in [-0.2, 0) is 0 Å². The predicted molar refractivity (Wildman–Crippen MR) is 79.2 cm³/mol. The van der Waals surface area contributed by atoms with Crippen LogP contribution >= 0.6 is 46.1 Å². The number of carbonyl (C=O) groups is 1. The molecule has 0 unspecified atom stereocenters. The van der Waals surface area contributed by atoms with Crippen LogP contribution in [0.4, 0.5) is 0 Å². The molecule has 0 spiro atoms. The second kappa shape index (κ2) is 5.89. The third-order valence-corrected chi connectivity index (χ3v) is 4.78. The molecule has 1 nitrogen and oxygen atoms in total. The molecular formula is C13H7Cl3OS. The molecule has 1 aromatic carbocycles. The van der Waals surface area contributed by atoms with Gasteiger partial charge in [0.25, 0.3) is 0 Å². The highest BCUT2D eigenvalue weighted by atomic mass is 35.5. The van der Waals surface area contributed by atoms with Crippen LogP contribution in [0.3, 0.4) is 0 Å². The van der Waals surface area contributed by atoms with Crippen molar-refractivity contribution in [2.45, 2.75) is 0 Å². The Morgan fingerprint density at radius 2 is 1.72 bits per heavy atom. The third-order valence-electron chi connectivity index (χ3n) is 2.23. The standard InChI is InChI=1S/C13H7Cl3OS/c14-11-10(18-13(16)12(11)15)7-6-9(17)8-4-2-1-3-5-8/h1-7H. The first kappa shape index (κ1) is 13.6. The average Bonchev–Trinajstić information content (AvgIpc) is 2.64. The van der Waals surface area contributed by atoms with Crippen LogP contribution in [0.15, 0.2) is 36.4 Å². The topological polar surface area (TPSA) is 17.1 Å². The fourth-order valence-electron chi connectivity index (χ4n) is 1.34. The van der Waals surface area contributed by atoms with Gasteiger partial charge < -0.3 is 0 Å². The molecular weight excluding hydrogens is 311 g/mol. The molecule has 0 bridgehead atoms. The van der Waals surface area contributed by atoms with Gasteiger partial charge in [-0.1, -0.05) is 65.1 Å². The van der Waals surface area contributed by atoms with Crippen LogP contribution in [0, 0.1) is 0 Å². The van der Waals surface area contributed by atoms with Crippen molar-refractivity contribution in [3.63, 3.8) is 0 Å². The maximum atomic E-state index is 11.8. The molecule has 0 aliphatic rings. The molecule has 0 N–H and O–H groups in total. The van der Waals surface area contributed by atoms with Crippen molar-refractivity contribution < 1.29 is 4.79 Å². The minimum atomic E-state index is -0.0905. The van der Waals surface area contributed by atoms with Gasteiger partial charge in [0.05, 0.1) is 10.0 Å². The maximum Gasteiger partial charge on any atom is 0.185 e. The summed E-state index contributed by atoms with van der Waals surface area (Å²) in [5, 5.41) is 0.707. The lowest BCUT2D eigenvalue weighted by Crippen LogP contribution is -1.92. The first-order chi connectivity index (χ1) is 8.59. The Hall–Kier alpha value is -0.800. The van der Waals surface area contributed by atoms with Crippen LogP contribution in [0.2, 0.25) is 14.4 Å². The molecule has 2 aromatic rings. The number of thiophene rings is 1. The van der Waals surface area contributed by atoms with Gasteiger partial charge >= 0.3 is 0 Å². The Morgan fingerprint density at radius 1 is 1.06 bits per heavy atom. The first-order valence-electron chi connectivity index (χ1n) is 5.00. The number of carbonyl (C=O) groups excluding carboxylic acids is 1. The zero-order valence-corrected chi connectivity index (χ0v) is 12.1. The van der Waals surface area contributed by atoms with Gasteiger partial charge in [0.2, 0.25) is 0 Å². The number of benzene rings is 1. The molecule has 18 heavy (non-hydrogen) atoms. The van der Waals surface area contributed by atoms with Gasteiger partial charge in [-0.2, -0.15) is 0 Å². The van der Waals surface area contributed by atoms with Crippen LogP contribution in [0.1, 0.15) is 15.2 Å². The van der Waals surface area contributed by atoms with Crippen LogP contribution in [0.25, 0.3) is 6.08 Å². The quantitative estimate of drug-likeness (QED) is 0.531. The molecule has 0 fully saturated rings. The second-order valence-electron chi connectivity index (χ2n) is 3.43. The fraction of sp³-hybridized carbons (Fsp3) is 0. The monoisotopic (exact) mass is 316 g/mol. The molecule has 5 heteroatoms. The molecule has 0 atom stereocenters. The van der Waals surface area contributed by atoms with Gasteiger partial charge in [-0.25, -0.2) is 0 Å². The molecule has 0 saturated heterocycles. The molecule has 92 valence electrons. The van der Waals surface area contributed by atoms with Crippen LogP contribution < -0.4 is 0 Å². The lowest BCUT2D eigenvalue weighted by Gasteiger charge is -1.93. The van der Waals surface area contributed by atoms with Crippen LogP contribution in [-0.4, -0.2) is 5.78 Å². The molecule has 0 radical (unpaired) electrons. The molecule has 1 heterocycles. The van der Waals surface area contributed by atoms with Crippen LogP contribution in [0.5, 0.6) is 0 Å². The summed E-state index contributed by atoms with van der Waals surface area (Å²) in [6.07, 6.45) is 3.08. The van der Waals surface area contributed by atoms with E-state index in [9.17, 15) is 4.79 Å². The van der Waals surface area contributed by atoms with Crippen molar-refractivity contribution in [3.05, 3.63) is 61.2 Å². The van der Waals surface area contributed by atoms with Gasteiger partial charge in [-0.15, -0.1) is 11.3 Å². The SMILES string of the molecule is O=C(C=Cc1sc(Cl)c(Cl)c1Cl)c1ccccc1. The Balaban J connectivity index is 2.21. The summed E-state index contributed by atoms with van der Waals surface area (Å²) in [6.45, 7) is 0. The summed E-state index contributed by atoms with van der Waals surface area (Å²) >= 11 is 18.9. The number of halogens is 3. The molecule has 0 amide bonds. The highest BCUT2D eigenvalue weighted by Gasteiger charge is 2.11. The number of ketones is 1. The highest BCUT2D eigenvalue weighted by Crippen LogP contribution is 2.40.